The molecule has 0 spiro atoms. The van der Waals surface area contributed by atoms with Gasteiger partial charge in [0, 0.05) is 17.6 Å². The van der Waals surface area contributed by atoms with E-state index in [4.69, 9.17) is 11.6 Å². The minimum absolute atomic E-state index is 0.100. The molecule has 0 fully saturated rings. The van der Waals surface area contributed by atoms with E-state index in [-0.39, 0.29) is 15.9 Å². The largest absolute Gasteiger partial charge is 0.334 e. The molecule has 0 saturated heterocycles. The molecule has 1 N–H and O–H groups in total. The van der Waals surface area contributed by atoms with E-state index in [2.05, 4.69) is 30.6 Å². The zero-order valence-electron chi connectivity index (χ0n) is 11.3. The van der Waals surface area contributed by atoms with Gasteiger partial charge in [-0.1, -0.05) is 33.6 Å². The van der Waals surface area contributed by atoms with Crippen molar-refractivity contribution < 1.29 is 8.42 Å². The average molecular weight is 402 g/mol. The summed E-state index contributed by atoms with van der Waals surface area (Å²) in [5.74, 6) is 0.100. The SMILES string of the molecule is Cn1cnc2c(NS(=O)(=O)c3cccc(Br)c3)nc(Cl)cc21. The molecule has 0 aliphatic heterocycles. The van der Waals surface area contributed by atoms with Crippen molar-refractivity contribution in [2.24, 2.45) is 7.05 Å². The predicted molar refractivity (Wildman–Crippen MR) is 88.5 cm³/mol. The van der Waals surface area contributed by atoms with Crippen molar-refractivity contribution in [2.45, 2.75) is 4.90 Å². The third kappa shape index (κ3) is 2.81. The molecule has 0 aliphatic rings. The lowest BCUT2D eigenvalue weighted by Crippen LogP contribution is -2.14. The molecule has 3 rings (SSSR count). The number of fused-ring (bicyclic) bond motifs is 1. The normalized spacial score (nSPS) is 11.8. The Hall–Kier alpha value is -1.64. The number of benzene rings is 1. The minimum atomic E-state index is -3.79. The molecule has 2 aromatic heterocycles. The van der Waals surface area contributed by atoms with Gasteiger partial charge in [0.2, 0.25) is 0 Å². The van der Waals surface area contributed by atoms with Gasteiger partial charge in [-0.2, -0.15) is 0 Å². The topological polar surface area (TPSA) is 76.9 Å². The van der Waals surface area contributed by atoms with Crippen LogP contribution in [0.3, 0.4) is 0 Å². The van der Waals surface area contributed by atoms with Crippen molar-refractivity contribution in [3.63, 3.8) is 0 Å². The van der Waals surface area contributed by atoms with Crippen molar-refractivity contribution in [1.82, 2.24) is 14.5 Å². The van der Waals surface area contributed by atoms with Crippen LogP contribution in [0.2, 0.25) is 5.15 Å². The van der Waals surface area contributed by atoms with Crippen LogP contribution < -0.4 is 4.72 Å². The summed E-state index contributed by atoms with van der Waals surface area (Å²) in [4.78, 5) is 8.31. The van der Waals surface area contributed by atoms with Crippen LogP contribution >= 0.6 is 27.5 Å². The predicted octanol–water partition coefficient (Wildman–Crippen LogP) is 3.19. The van der Waals surface area contributed by atoms with E-state index >= 15 is 0 Å². The Kier molecular flexibility index (Phi) is 3.84. The minimum Gasteiger partial charge on any atom is -0.334 e. The summed E-state index contributed by atoms with van der Waals surface area (Å²) in [6, 6.07) is 8.00. The van der Waals surface area contributed by atoms with E-state index < -0.39 is 10.0 Å². The standard InChI is InChI=1S/C13H10BrClN4O2S/c1-19-7-16-12-10(19)6-11(15)17-13(12)18-22(20,21)9-4-2-3-8(14)5-9/h2-7H,1H3,(H,17,18). The lowest BCUT2D eigenvalue weighted by molar-refractivity contribution is 0.601. The van der Waals surface area contributed by atoms with Crippen LogP contribution in [0.15, 0.2) is 46.0 Å². The van der Waals surface area contributed by atoms with Crippen LogP contribution in [-0.4, -0.2) is 23.0 Å². The first-order valence-electron chi connectivity index (χ1n) is 6.13. The molecule has 2 heterocycles. The number of nitrogens with one attached hydrogen (secondary N) is 1. The summed E-state index contributed by atoms with van der Waals surface area (Å²) >= 11 is 9.21. The number of halogens is 2. The zero-order chi connectivity index (χ0) is 15.9. The Morgan fingerprint density at radius 1 is 1.32 bits per heavy atom. The van der Waals surface area contributed by atoms with Crippen molar-refractivity contribution in [2.75, 3.05) is 4.72 Å². The molecule has 0 amide bonds. The molecule has 0 radical (unpaired) electrons. The first-order valence-corrected chi connectivity index (χ1v) is 8.78. The van der Waals surface area contributed by atoms with Crippen LogP contribution in [0.1, 0.15) is 0 Å². The van der Waals surface area contributed by atoms with Gasteiger partial charge >= 0.3 is 0 Å². The van der Waals surface area contributed by atoms with E-state index in [0.29, 0.717) is 15.5 Å². The second-order valence-corrected chi connectivity index (χ2v) is 7.56. The van der Waals surface area contributed by atoms with Crippen LogP contribution in [-0.2, 0) is 17.1 Å². The molecule has 0 unspecified atom stereocenters. The van der Waals surface area contributed by atoms with Gasteiger partial charge < -0.3 is 4.57 Å². The molecule has 0 atom stereocenters. The van der Waals surface area contributed by atoms with Gasteiger partial charge in [0.05, 0.1) is 16.7 Å². The molecule has 1 aromatic carbocycles. The van der Waals surface area contributed by atoms with E-state index in [0.717, 1.165) is 0 Å². The molecule has 6 nitrogen and oxygen atoms in total. The first kappa shape index (κ1) is 15.3. The fourth-order valence-electron chi connectivity index (χ4n) is 1.99. The number of sulfonamides is 1. The summed E-state index contributed by atoms with van der Waals surface area (Å²) < 4.78 is 29.8. The van der Waals surface area contributed by atoms with Crippen LogP contribution in [0, 0.1) is 0 Å². The van der Waals surface area contributed by atoms with Gasteiger partial charge in [-0.25, -0.2) is 18.4 Å². The van der Waals surface area contributed by atoms with Gasteiger partial charge in [-0.15, -0.1) is 0 Å². The zero-order valence-corrected chi connectivity index (χ0v) is 14.4. The highest BCUT2D eigenvalue weighted by molar-refractivity contribution is 9.10. The first-order chi connectivity index (χ1) is 10.4. The number of hydrogen-bond donors (Lipinski definition) is 1. The summed E-state index contributed by atoms with van der Waals surface area (Å²) in [6.07, 6.45) is 1.57. The van der Waals surface area contributed by atoms with Gasteiger partial charge in [0.1, 0.15) is 10.7 Å². The average Bonchev–Trinajstić information content (AvgIpc) is 2.80. The molecular formula is C13H10BrClN4O2S. The van der Waals surface area contributed by atoms with Crippen molar-refractivity contribution >= 4 is 54.4 Å². The third-order valence-electron chi connectivity index (χ3n) is 3.02. The Bertz CT molecular complexity index is 971. The highest BCUT2D eigenvalue weighted by atomic mass is 79.9. The number of rotatable bonds is 3. The van der Waals surface area contributed by atoms with E-state index in [1.54, 1.807) is 36.1 Å². The van der Waals surface area contributed by atoms with Crippen LogP contribution in [0.4, 0.5) is 5.82 Å². The number of hydrogen-bond acceptors (Lipinski definition) is 4. The Morgan fingerprint density at radius 2 is 2.09 bits per heavy atom. The van der Waals surface area contributed by atoms with E-state index in [1.165, 1.54) is 12.1 Å². The molecular weight excluding hydrogens is 392 g/mol. The van der Waals surface area contributed by atoms with Gasteiger partial charge in [-0.3, -0.25) is 4.72 Å². The Balaban J connectivity index is 2.10. The van der Waals surface area contributed by atoms with E-state index in [9.17, 15) is 8.42 Å². The highest BCUT2D eigenvalue weighted by Gasteiger charge is 2.19. The summed E-state index contributed by atoms with van der Waals surface area (Å²) in [6.45, 7) is 0. The molecule has 0 aliphatic carbocycles. The third-order valence-corrected chi connectivity index (χ3v) is 5.04. The Morgan fingerprint density at radius 3 is 2.82 bits per heavy atom. The van der Waals surface area contributed by atoms with Crippen molar-refractivity contribution in [3.05, 3.63) is 46.3 Å². The summed E-state index contributed by atoms with van der Waals surface area (Å²) in [5.41, 5.74) is 1.12. The van der Waals surface area contributed by atoms with E-state index in [1.807, 2.05) is 0 Å². The molecule has 0 saturated carbocycles. The lowest BCUT2D eigenvalue weighted by atomic mass is 10.4. The second-order valence-electron chi connectivity index (χ2n) is 4.58. The summed E-state index contributed by atoms with van der Waals surface area (Å²) in [7, 11) is -2.00. The number of nitrogens with zero attached hydrogens (tertiary/aromatic N) is 3. The smallest absolute Gasteiger partial charge is 0.263 e. The maximum absolute atomic E-state index is 12.5. The summed E-state index contributed by atoms with van der Waals surface area (Å²) in [5, 5.41) is 0.183. The van der Waals surface area contributed by atoms with Crippen LogP contribution in [0.25, 0.3) is 11.0 Å². The fraction of sp³-hybridized carbons (Fsp3) is 0.0769. The maximum Gasteiger partial charge on any atom is 0.263 e. The van der Waals surface area contributed by atoms with Gasteiger partial charge in [0.15, 0.2) is 5.82 Å². The second kappa shape index (κ2) is 5.53. The quantitative estimate of drug-likeness (QED) is 0.684. The number of anilines is 1. The molecule has 114 valence electrons. The molecule has 0 bridgehead atoms. The molecule has 9 heteroatoms. The van der Waals surface area contributed by atoms with Crippen molar-refractivity contribution in [3.8, 4) is 0 Å². The monoisotopic (exact) mass is 400 g/mol. The van der Waals surface area contributed by atoms with Crippen LogP contribution in [0.5, 0.6) is 0 Å². The van der Waals surface area contributed by atoms with Crippen molar-refractivity contribution in [1.29, 1.82) is 0 Å². The molecule has 22 heavy (non-hydrogen) atoms. The number of aryl methyl sites for hydroxylation is 1. The number of aromatic nitrogens is 3. The molecule has 3 aromatic rings. The highest BCUT2D eigenvalue weighted by Crippen LogP contribution is 2.26. The number of imidazole rings is 1. The van der Waals surface area contributed by atoms with Gasteiger partial charge in [0.25, 0.3) is 10.0 Å². The van der Waals surface area contributed by atoms with Gasteiger partial charge in [-0.05, 0) is 18.2 Å². The number of pyridine rings is 1. The lowest BCUT2D eigenvalue weighted by Gasteiger charge is -2.09. The fourth-order valence-corrected chi connectivity index (χ4v) is 3.78. The maximum atomic E-state index is 12.5. The Labute approximate surface area is 140 Å².